The third-order valence-electron chi connectivity index (χ3n) is 4.60. The lowest BCUT2D eigenvalue weighted by Gasteiger charge is -2.36. The predicted molar refractivity (Wildman–Crippen MR) is 75.9 cm³/mol. The minimum Gasteiger partial charge on any atom is -0.378 e. The highest BCUT2D eigenvalue weighted by Gasteiger charge is 2.39. The maximum absolute atomic E-state index is 12.7. The number of hydrogen-bond acceptors (Lipinski definition) is 4. The van der Waals surface area contributed by atoms with E-state index < -0.39 is 0 Å². The van der Waals surface area contributed by atoms with Crippen LogP contribution in [0.25, 0.3) is 0 Å². The molecule has 0 N–H and O–H groups in total. The second-order valence-electron chi connectivity index (χ2n) is 5.86. The molecule has 2 unspecified atom stereocenters. The van der Waals surface area contributed by atoms with Gasteiger partial charge in [-0.1, -0.05) is 0 Å². The Hall–Kier alpha value is -1.62. The van der Waals surface area contributed by atoms with Crippen molar-refractivity contribution in [2.75, 3.05) is 29.5 Å². The molecule has 20 heavy (non-hydrogen) atoms. The van der Waals surface area contributed by atoms with Crippen molar-refractivity contribution in [3.8, 4) is 0 Å². The van der Waals surface area contributed by atoms with Crippen LogP contribution in [0, 0.1) is 0 Å². The summed E-state index contributed by atoms with van der Waals surface area (Å²) in [5, 5.41) is 0. The number of carbonyl (C=O) groups excluding carboxylic acids is 1. The first-order valence-corrected chi connectivity index (χ1v) is 7.45. The lowest BCUT2D eigenvalue weighted by atomic mass is 10.1. The largest absolute Gasteiger partial charge is 0.378 e. The summed E-state index contributed by atoms with van der Waals surface area (Å²) in [7, 11) is 0. The zero-order chi connectivity index (χ0) is 13.5. The maximum Gasteiger partial charge on any atom is 0.229 e. The summed E-state index contributed by atoms with van der Waals surface area (Å²) < 4.78 is 5.61. The molecule has 2 bridgehead atoms. The molecular formula is C15H19N3O2. The molecular weight excluding hydrogens is 254 g/mol. The van der Waals surface area contributed by atoms with Crippen molar-refractivity contribution in [1.29, 1.82) is 0 Å². The van der Waals surface area contributed by atoms with Crippen LogP contribution < -0.4 is 9.80 Å². The fourth-order valence-corrected chi connectivity index (χ4v) is 3.63. The van der Waals surface area contributed by atoms with Crippen LogP contribution in [0.15, 0.2) is 18.5 Å². The van der Waals surface area contributed by atoms with Gasteiger partial charge in [0.05, 0.1) is 36.1 Å². The fourth-order valence-electron chi connectivity index (χ4n) is 3.63. The minimum absolute atomic E-state index is 0.118. The first-order chi connectivity index (χ1) is 9.83. The molecule has 2 fully saturated rings. The van der Waals surface area contributed by atoms with E-state index in [1.54, 1.807) is 6.20 Å². The molecule has 4 rings (SSSR count). The van der Waals surface area contributed by atoms with E-state index in [0.717, 1.165) is 50.3 Å². The van der Waals surface area contributed by atoms with Gasteiger partial charge in [-0.25, -0.2) is 0 Å². The number of nitrogens with zero attached hydrogens (tertiary/aromatic N) is 3. The zero-order valence-electron chi connectivity index (χ0n) is 11.5. The zero-order valence-corrected chi connectivity index (χ0v) is 11.5. The minimum atomic E-state index is 0.118. The molecule has 1 aromatic heterocycles. The van der Waals surface area contributed by atoms with Gasteiger partial charge < -0.3 is 14.5 Å². The molecule has 2 atom stereocenters. The Morgan fingerprint density at radius 1 is 1.40 bits per heavy atom. The summed E-state index contributed by atoms with van der Waals surface area (Å²) in [6.07, 6.45) is 7.42. The highest BCUT2D eigenvalue weighted by molar-refractivity contribution is 5.99. The molecule has 3 aliphatic rings. The molecule has 0 saturated carbocycles. The first kappa shape index (κ1) is 12.1. The van der Waals surface area contributed by atoms with E-state index in [4.69, 9.17) is 4.74 Å². The summed E-state index contributed by atoms with van der Waals surface area (Å²) in [5.41, 5.74) is 2.12. The summed E-state index contributed by atoms with van der Waals surface area (Å²) in [6.45, 7) is 2.76. The van der Waals surface area contributed by atoms with Crippen LogP contribution in [0.3, 0.4) is 0 Å². The lowest BCUT2D eigenvalue weighted by molar-refractivity contribution is -0.121. The summed E-state index contributed by atoms with van der Waals surface area (Å²) >= 11 is 0. The van der Waals surface area contributed by atoms with E-state index >= 15 is 0 Å². The topological polar surface area (TPSA) is 45.7 Å². The van der Waals surface area contributed by atoms with Crippen molar-refractivity contribution in [2.45, 2.75) is 37.8 Å². The second kappa shape index (κ2) is 4.74. The van der Waals surface area contributed by atoms with E-state index in [-0.39, 0.29) is 12.0 Å². The van der Waals surface area contributed by atoms with Crippen LogP contribution in [0.5, 0.6) is 0 Å². The Morgan fingerprint density at radius 3 is 3.20 bits per heavy atom. The van der Waals surface area contributed by atoms with Gasteiger partial charge in [0.1, 0.15) is 0 Å². The standard InChI is InChI=1S/C15H19N3O2/c19-15(8-12-2-1-7-20-12)18-11-4-6-17(10-11)14-9-16-5-3-13(14)18/h3,5,9,11-12H,1-2,4,6-8,10H2. The highest BCUT2D eigenvalue weighted by Crippen LogP contribution is 2.39. The number of hydrogen-bond donors (Lipinski definition) is 0. The predicted octanol–water partition coefficient (Wildman–Crippen LogP) is 1.58. The van der Waals surface area contributed by atoms with Crippen molar-refractivity contribution in [3.05, 3.63) is 18.5 Å². The smallest absolute Gasteiger partial charge is 0.229 e. The first-order valence-electron chi connectivity index (χ1n) is 7.45. The van der Waals surface area contributed by atoms with Gasteiger partial charge >= 0.3 is 0 Å². The number of fused-ring (bicyclic) bond motifs is 4. The number of pyridine rings is 1. The van der Waals surface area contributed by atoms with Gasteiger partial charge in [-0.15, -0.1) is 0 Å². The van der Waals surface area contributed by atoms with Crippen LogP contribution in [-0.4, -0.2) is 42.7 Å². The number of carbonyl (C=O) groups is 1. The van der Waals surface area contributed by atoms with Crippen LogP contribution in [-0.2, 0) is 9.53 Å². The van der Waals surface area contributed by atoms with Gasteiger partial charge in [-0.2, -0.15) is 0 Å². The van der Waals surface area contributed by atoms with E-state index in [1.165, 1.54) is 0 Å². The quantitative estimate of drug-likeness (QED) is 0.820. The third-order valence-corrected chi connectivity index (χ3v) is 4.60. The molecule has 1 aromatic rings. The Bertz CT molecular complexity index is 528. The number of rotatable bonds is 2. The van der Waals surface area contributed by atoms with Crippen molar-refractivity contribution < 1.29 is 9.53 Å². The number of ether oxygens (including phenoxy) is 1. The average Bonchev–Trinajstić information content (AvgIpc) is 3.10. The van der Waals surface area contributed by atoms with Crippen LogP contribution in [0.1, 0.15) is 25.7 Å². The summed E-state index contributed by atoms with van der Waals surface area (Å²) in [6, 6.07) is 2.28. The van der Waals surface area contributed by atoms with Crippen LogP contribution in [0.4, 0.5) is 11.4 Å². The number of aromatic nitrogens is 1. The monoisotopic (exact) mass is 273 g/mol. The molecule has 3 aliphatic heterocycles. The number of anilines is 2. The van der Waals surface area contributed by atoms with Crippen LogP contribution >= 0.6 is 0 Å². The van der Waals surface area contributed by atoms with Gasteiger partial charge in [-0.05, 0) is 25.3 Å². The van der Waals surface area contributed by atoms with Gasteiger partial charge in [0.15, 0.2) is 0 Å². The summed E-state index contributed by atoms with van der Waals surface area (Å²) in [5.74, 6) is 0.205. The molecule has 0 aromatic carbocycles. The van der Waals surface area contributed by atoms with Crippen molar-refractivity contribution in [1.82, 2.24) is 4.98 Å². The van der Waals surface area contributed by atoms with Gasteiger partial charge in [-0.3, -0.25) is 9.78 Å². The Balaban J connectivity index is 1.62. The molecule has 5 heteroatoms. The molecule has 4 heterocycles. The SMILES string of the molecule is O=C(CC1CCCO1)N1c2ccncc2N2CCC1C2. The van der Waals surface area contributed by atoms with E-state index in [1.807, 2.05) is 17.2 Å². The molecule has 0 spiro atoms. The molecule has 106 valence electrons. The van der Waals surface area contributed by atoms with Crippen molar-refractivity contribution in [2.24, 2.45) is 0 Å². The van der Waals surface area contributed by atoms with Crippen molar-refractivity contribution >= 4 is 17.3 Å². The summed E-state index contributed by atoms with van der Waals surface area (Å²) in [4.78, 5) is 21.3. The molecule has 0 aliphatic carbocycles. The van der Waals surface area contributed by atoms with E-state index in [0.29, 0.717) is 12.5 Å². The second-order valence-corrected chi connectivity index (χ2v) is 5.86. The Labute approximate surface area is 118 Å². The van der Waals surface area contributed by atoms with Gasteiger partial charge in [0.2, 0.25) is 5.91 Å². The molecule has 1 amide bonds. The highest BCUT2D eigenvalue weighted by atomic mass is 16.5. The normalized spacial score (nSPS) is 27.8. The van der Waals surface area contributed by atoms with E-state index in [9.17, 15) is 4.79 Å². The maximum atomic E-state index is 12.7. The third kappa shape index (κ3) is 1.88. The van der Waals surface area contributed by atoms with Crippen molar-refractivity contribution in [3.63, 3.8) is 0 Å². The average molecular weight is 273 g/mol. The molecule has 5 nitrogen and oxygen atoms in total. The molecule has 2 saturated heterocycles. The lowest BCUT2D eigenvalue weighted by Crippen LogP contribution is -2.46. The number of amides is 1. The van der Waals surface area contributed by atoms with E-state index in [2.05, 4.69) is 9.88 Å². The van der Waals surface area contributed by atoms with Gasteiger partial charge in [0, 0.05) is 25.9 Å². The molecule has 0 radical (unpaired) electrons. The Morgan fingerprint density at radius 2 is 2.35 bits per heavy atom. The fraction of sp³-hybridized carbons (Fsp3) is 0.600. The van der Waals surface area contributed by atoms with Crippen LogP contribution in [0.2, 0.25) is 0 Å². The van der Waals surface area contributed by atoms with Gasteiger partial charge in [0.25, 0.3) is 0 Å². The Kier molecular flexibility index (Phi) is 2.88.